The van der Waals surface area contributed by atoms with Crippen molar-refractivity contribution in [1.82, 2.24) is 0 Å². The number of thiophene rings is 1. The molecule has 0 spiro atoms. The molecule has 0 fully saturated rings. The number of rotatable bonds is 5. The van der Waals surface area contributed by atoms with Crippen molar-refractivity contribution in [3.05, 3.63) is 88.2 Å². The lowest BCUT2D eigenvalue weighted by atomic mass is 10.2. The van der Waals surface area contributed by atoms with E-state index in [1.165, 1.54) is 22.7 Å². The molecule has 4 aromatic rings. The molecular formula is C22H17BrN2O3S2. The number of carbonyl (C=O) groups excluding carboxylic acids is 1. The molecule has 3 aromatic carbocycles. The van der Waals surface area contributed by atoms with Gasteiger partial charge in [-0.1, -0.05) is 34.1 Å². The average molecular weight is 501 g/mol. The number of nitrogens with zero attached hydrogens (tertiary/aromatic N) is 1. The standard InChI is InChI=1S/C22H17BrN2O3S2/c1-25(30(27,28)19-10-7-16(23)8-11-19)18-9-12-20-15(13-18)14-21(29-20)22(26)24-17-5-3-2-4-6-17/h2-14H,1H3,(H,24,26). The molecular weight excluding hydrogens is 484 g/mol. The minimum Gasteiger partial charge on any atom is -0.321 e. The normalized spacial score (nSPS) is 11.4. The van der Waals surface area contributed by atoms with E-state index in [9.17, 15) is 13.2 Å². The maximum atomic E-state index is 12.9. The van der Waals surface area contributed by atoms with Crippen LogP contribution in [-0.2, 0) is 10.0 Å². The van der Waals surface area contributed by atoms with Crippen molar-refractivity contribution in [3.8, 4) is 0 Å². The summed E-state index contributed by atoms with van der Waals surface area (Å²) in [6.45, 7) is 0. The molecule has 0 unspecified atom stereocenters. The van der Waals surface area contributed by atoms with Crippen molar-refractivity contribution in [3.63, 3.8) is 0 Å². The van der Waals surface area contributed by atoms with Gasteiger partial charge in [0.1, 0.15) is 0 Å². The van der Waals surface area contributed by atoms with Gasteiger partial charge in [-0.15, -0.1) is 11.3 Å². The third-order valence-corrected chi connectivity index (χ3v) is 8.03. The Bertz CT molecular complexity index is 1320. The van der Waals surface area contributed by atoms with Crippen molar-refractivity contribution in [2.45, 2.75) is 4.90 Å². The quantitative estimate of drug-likeness (QED) is 0.379. The van der Waals surface area contributed by atoms with Crippen LogP contribution in [0.4, 0.5) is 11.4 Å². The van der Waals surface area contributed by atoms with E-state index in [1.54, 1.807) is 42.5 Å². The Hall–Kier alpha value is -2.68. The van der Waals surface area contributed by atoms with Gasteiger partial charge >= 0.3 is 0 Å². The van der Waals surface area contributed by atoms with Crippen LogP contribution in [0.25, 0.3) is 10.1 Å². The number of para-hydroxylation sites is 1. The lowest BCUT2D eigenvalue weighted by Crippen LogP contribution is -2.26. The van der Waals surface area contributed by atoms with Crippen LogP contribution in [0.2, 0.25) is 0 Å². The fraction of sp³-hybridized carbons (Fsp3) is 0.0455. The number of hydrogen-bond acceptors (Lipinski definition) is 4. The molecule has 4 rings (SSSR count). The van der Waals surface area contributed by atoms with Crippen molar-refractivity contribution in [1.29, 1.82) is 0 Å². The van der Waals surface area contributed by atoms with E-state index >= 15 is 0 Å². The minimum atomic E-state index is -3.69. The van der Waals surface area contributed by atoms with Gasteiger partial charge in [-0.25, -0.2) is 8.42 Å². The van der Waals surface area contributed by atoms with Crippen LogP contribution >= 0.6 is 27.3 Å². The highest BCUT2D eigenvalue weighted by atomic mass is 79.9. The minimum absolute atomic E-state index is 0.195. The Morgan fingerprint density at radius 1 is 0.967 bits per heavy atom. The zero-order valence-electron chi connectivity index (χ0n) is 15.9. The van der Waals surface area contributed by atoms with Crippen molar-refractivity contribution in [2.75, 3.05) is 16.7 Å². The number of anilines is 2. The van der Waals surface area contributed by atoms with E-state index in [-0.39, 0.29) is 10.8 Å². The zero-order chi connectivity index (χ0) is 21.3. The summed E-state index contributed by atoms with van der Waals surface area (Å²) in [5.74, 6) is -0.195. The van der Waals surface area contributed by atoms with Gasteiger partial charge in [0.2, 0.25) is 0 Å². The summed E-state index contributed by atoms with van der Waals surface area (Å²) in [7, 11) is -2.17. The molecule has 1 N–H and O–H groups in total. The van der Waals surface area contributed by atoms with Gasteiger partial charge in [0.25, 0.3) is 15.9 Å². The van der Waals surface area contributed by atoms with E-state index in [0.29, 0.717) is 10.6 Å². The first-order chi connectivity index (χ1) is 14.3. The van der Waals surface area contributed by atoms with Gasteiger partial charge in [-0.2, -0.15) is 0 Å². The predicted octanol–water partition coefficient (Wildman–Crippen LogP) is 5.74. The second kappa shape index (κ2) is 8.22. The van der Waals surface area contributed by atoms with Crippen LogP contribution < -0.4 is 9.62 Å². The summed E-state index contributed by atoms with van der Waals surface area (Å²) in [4.78, 5) is 13.3. The molecule has 0 saturated heterocycles. The van der Waals surface area contributed by atoms with Crippen LogP contribution in [0.3, 0.4) is 0 Å². The molecule has 0 aliphatic heterocycles. The fourth-order valence-corrected chi connectivity index (χ4v) is 5.35. The summed E-state index contributed by atoms with van der Waals surface area (Å²) in [5.41, 5.74) is 1.25. The SMILES string of the molecule is CN(c1ccc2sc(C(=O)Nc3ccccc3)cc2c1)S(=O)(=O)c1ccc(Br)cc1. The largest absolute Gasteiger partial charge is 0.321 e. The number of benzene rings is 3. The molecule has 1 heterocycles. The summed E-state index contributed by atoms with van der Waals surface area (Å²) in [6.07, 6.45) is 0. The Balaban J connectivity index is 1.62. The Labute approximate surface area is 187 Å². The smallest absolute Gasteiger partial charge is 0.265 e. The Kier molecular flexibility index (Phi) is 5.64. The van der Waals surface area contributed by atoms with Crippen LogP contribution in [0.15, 0.2) is 88.2 Å². The van der Waals surface area contributed by atoms with Crippen molar-refractivity contribution >= 4 is 64.7 Å². The van der Waals surface area contributed by atoms with E-state index < -0.39 is 10.0 Å². The number of nitrogens with one attached hydrogen (secondary N) is 1. The fourth-order valence-electron chi connectivity index (χ4n) is 2.96. The van der Waals surface area contributed by atoms with Crippen LogP contribution in [0.1, 0.15) is 9.67 Å². The summed E-state index contributed by atoms with van der Waals surface area (Å²) in [6, 6.07) is 22.9. The van der Waals surface area contributed by atoms with Crippen LogP contribution in [-0.4, -0.2) is 21.4 Å². The molecule has 152 valence electrons. The lowest BCUT2D eigenvalue weighted by molar-refractivity contribution is 0.103. The average Bonchev–Trinajstić information content (AvgIpc) is 3.18. The molecule has 5 nitrogen and oxygen atoms in total. The lowest BCUT2D eigenvalue weighted by Gasteiger charge is -2.19. The third-order valence-electron chi connectivity index (χ3n) is 4.59. The van der Waals surface area contributed by atoms with E-state index in [4.69, 9.17) is 0 Å². The highest BCUT2D eigenvalue weighted by molar-refractivity contribution is 9.10. The maximum Gasteiger partial charge on any atom is 0.265 e. The highest BCUT2D eigenvalue weighted by Crippen LogP contribution is 2.31. The second-order valence-electron chi connectivity index (χ2n) is 6.58. The number of amides is 1. The first kappa shape index (κ1) is 20.6. The molecule has 0 radical (unpaired) electrons. The Morgan fingerprint density at radius 3 is 2.37 bits per heavy atom. The molecule has 0 saturated carbocycles. The molecule has 0 aliphatic rings. The van der Waals surface area contributed by atoms with Gasteiger partial charge in [0.15, 0.2) is 0 Å². The van der Waals surface area contributed by atoms with Crippen LogP contribution in [0.5, 0.6) is 0 Å². The number of hydrogen-bond donors (Lipinski definition) is 1. The summed E-state index contributed by atoms with van der Waals surface area (Å²) >= 11 is 4.68. The molecule has 1 aromatic heterocycles. The van der Waals surface area contributed by atoms with E-state index in [1.807, 2.05) is 36.4 Å². The van der Waals surface area contributed by atoms with Gasteiger partial charge in [-0.05, 0) is 66.0 Å². The highest BCUT2D eigenvalue weighted by Gasteiger charge is 2.22. The number of halogens is 1. The molecule has 0 atom stereocenters. The van der Waals surface area contributed by atoms with Crippen LogP contribution in [0, 0.1) is 0 Å². The molecule has 0 aliphatic carbocycles. The molecule has 8 heteroatoms. The maximum absolute atomic E-state index is 12.9. The Morgan fingerprint density at radius 2 is 1.67 bits per heavy atom. The van der Waals surface area contributed by atoms with Crippen molar-refractivity contribution < 1.29 is 13.2 Å². The molecule has 0 bridgehead atoms. The monoisotopic (exact) mass is 500 g/mol. The van der Waals surface area contributed by atoms with Gasteiger partial charge in [-0.3, -0.25) is 9.10 Å². The van der Waals surface area contributed by atoms with Gasteiger partial charge in [0.05, 0.1) is 15.5 Å². The van der Waals surface area contributed by atoms with Gasteiger partial charge in [0, 0.05) is 21.9 Å². The van der Waals surface area contributed by atoms with Crippen molar-refractivity contribution in [2.24, 2.45) is 0 Å². The van der Waals surface area contributed by atoms with E-state index in [2.05, 4.69) is 21.2 Å². The number of fused-ring (bicyclic) bond motifs is 1. The zero-order valence-corrected chi connectivity index (χ0v) is 19.1. The van der Waals surface area contributed by atoms with E-state index in [0.717, 1.165) is 20.2 Å². The first-order valence-electron chi connectivity index (χ1n) is 8.99. The summed E-state index contributed by atoms with van der Waals surface area (Å²) < 4.78 is 28.9. The number of carbonyl (C=O) groups is 1. The topological polar surface area (TPSA) is 66.5 Å². The van der Waals surface area contributed by atoms with Gasteiger partial charge < -0.3 is 5.32 Å². The molecule has 30 heavy (non-hydrogen) atoms. The second-order valence-corrected chi connectivity index (χ2v) is 10.5. The summed E-state index contributed by atoms with van der Waals surface area (Å²) in [5, 5.41) is 3.68. The predicted molar refractivity (Wildman–Crippen MR) is 126 cm³/mol. The number of sulfonamides is 1. The first-order valence-corrected chi connectivity index (χ1v) is 12.0. The third kappa shape index (κ3) is 4.12. The molecule has 1 amide bonds.